The summed E-state index contributed by atoms with van der Waals surface area (Å²) in [6.45, 7) is 2.71. The van der Waals surface area contributed by atoms with E-state index in [0.29, 0.717) is 24.2 Å². The Labute approximate surface area is 156 Å². The van der Waals surface area contributed by atoms with E-state index in [2.05, 4.69) is 6.92 Å². The van der Waals surface area contributed by atoms with Crippen molar-refractivity contribution in [3.63, 3.8) is 0 Å². The summed E-state index contributed by atoms with van der Waals surface area (Å²) in [6.07, 6.45) is 9.84. The number of hydrogen-bond donors (Lipinski definition) is 1. The van der Waals surface area contributed by atoms with Crippen LogP contribution in [0.3, 0.4) is 0 Å². The van der Waals surface area contributed by atoms with Gasteiger partial charge in [-0.1, -0.05) is 12.5 Å². The number of aliphatic hydroxyl groups excluding tert-OH is 1. The zero-order valence-corrected chi connectivity index (χ0v) is 16.1. The van der Waals surface area contributed by atoms with E-state index >= 15 is 0 Å². The number of methoxy groups -OCH3 is 1. The molecule has 26 heavy (non-hydrogen) atoms. The molecule has 144 valence electrons. The highest BCUT2D eigenvalue weighted by molar-refractivity contribution is 5.91. The molecule has 1 N–H and O–H groups in total. The van der Waals surface area contributed by atoms with Gasteiger partial charge < -0.3 is 9.84 Å². The van der Waals surface area contributed by atoms with Gasteiger partial charge in [0.2, 0.25) is 0 Å². The van der Waals surface area contributed by atoms with Gasteiger partial charge in [0.05, 0.1) is 6.61 Å². The summed E-state index contributed by atoms with van der Waals surface area (Å²) in [5, 5.41) is 9.42. The average Bonchev–Trinajstić information content (AvgIpc) is 2.99. The molecule has 4 aliphatic carbocycles. The Balaban J connectivity index is 1.67. The fraction of sp³-hybridized carbons (Fsp3) is 0.818. The van der Waals surface area contributed by atoms with E-state index < -0.39 is 0 Å². The van der Waals surface area contributed by atoms with Gasteiger partial charge in [-0.15, -0.1) is 0 Å². The molecule has 0 aromatic heterocycles. The smallest absolute Gasteiger partial charge is 0.161 e. The third-order valence-electron chi connectivity index (χ3n) is 8.63. The topological polar surface area (TPSA) is 63.6 Å². The van der Waals surface area contributed by atoms with E-state index in [1.54, 1.807) is 7.11 Å². The summed E-state index contributed by atoms with van der Waals surface area (Å²) in [6, 6.07) is 0. The lowest BCUT2D eigenvalue weighted by molar-refractivity contribution is -0.134. The van der Waals surface area contributed by atoms with Crippen LogP contribution in [0.4, 0.5) is 0 Å². The van der Waals surface area contributed by atoms with Crippen LogP contribution in [0.1, 0.15) is 58.3 Å². The van der Waals surface area contributed by atoms with Crippen LogP contribution in [0.25, 0.3) is 0 Å². The number of hydrogen-bond acceptors (Lipinski definition) is 4. The number of carbonyl (C=O) groups excluding carboxylic acids is 2. The minimum atomic E-state index is -0.316. The van der Waals surface area contributed by atoms with Gasteiger partial charge in [0.15, 0.2) is 11.6 Å². The predicted molar refractivity (Wildman–Crippen MR) is 98.5 cm³/mol. The summed E-state index contributed by atoms with van der Waals surface area (Å²) < 4.78 is 5.70. The molecule has 0 aromatic carbocycles. The number of ether oxygens (including phenoxy) is 1. The SMILES string of the molecule is COCC12CCC(=O)C=C1CCC1C2CCC2(C)C(C(=O)CO)CCC12. The number of carbonyl (C=O) groups is 2. The molecule has 6 atom stereocenters. The van der Waals surface area contributed by atoms with Gasteiger partial charge in [-0.3, -0.25) is 9.59 Å². The van der Waals surface area contributed by atoms with Crippen molar-refractivity contribution < 1.29 is 19.4 Å². The Morgan fingerprint density at radius 2 is 2.00 bits per heavy atom. The molecule has 4 heteroatoms. The summed E-state index contributed by atoms with van der Waals surface area (Å²) in [7, 11) is 1.78. The molecule has 4 nitrogen and oxygen atoms in total. The number of Topliss-reactive ketones (excluding diaryl/α,β-unsaturated/α-hetero) is 1. The highest BCUT2D eigenvalue weighted by Crippen LogP contribution is 2.66. The van der Waals surface area contributed by atoms with E-state index in [9.17, 15) is 14.7 Å². The van der Waals surface area contributed by atoms with Crippen molar-refractivity contribution in [1.82, 2.24) is 0 Å². The fourth-order valence-electron chi connectivity index (χ4n) is 7.53. The van der Waals surface area contributed by atoms with Gasteiger partial charge in [0, 0.05) is 24.9 Å². The second kappa shape index (κ2) is 6.56. The summed E-state index contributed by atoms with van der Waals surface area (Å²) in [5.41, 5.74) is 1.41. The third-order valence-corrected chi connectivity index (χ3v) is 8.63. The highest BCUT2D eigenvalue weighted by atomic mass is 16.5. The lowest BCUT2D eigenvalue weighted by Gasteiger charge is -2.58. The van der Waals surface area contributed by atoms with Crippen molar-refractivity contribution in [2.45, 2.75) is 58.3 Å². The Morgan fingerprint density at radius 3 is 2.73 bits per heavy atom. The van der Waals surface area contributed by atoms with Gasteiger partial charge >= 0.3 is 0 Å². The largest absolute Gasteiger partial charge is 0.389 e. The fourth-order valence-corrected chi connectivity index (χ4v) is 7.53. The highest BCUT2D eigenvalue weighted by Gasteiger charge is 2.61. The van der Waals surface area contributed by atoms with Gasteiger partial charge in [-0.2, -0.15) is 0 Å². The normalized spacial score (nSPS) is 44.7. The average molecular weight is 360 g/mol. The predicted octanol–water partition coefficient (Wildman–Crippen LogP) is 3.32. The van der Waals surface area contributed by atoms with Crippen molar-refractivity contribution in [2.24, 2.45) is 34.5 Å². The maximum absolute atomic E-state index is 12.3. The summed E-state index contributed by atoms with van der Waals surface area (Å²) in [4.78, 5) is 24.4. The van der Waals surface area contributed by atoms with Gasteiger partial charge in [0.1, 0.15) is 6.61 Å². The Morgan fingerprint density at radius 1 is 1.19 bits per heavy atom. The molecule has 0 radical (unpaired) electrons. The van der Waals surface area contributed by atoms with Gasteiger partial charge in [-0.25, -0.2) is 0 Å². The first-order valence-corrected chi connectivity index (χ1v) is 10.3. The number of fused-ring (bicyclic) bond motifs is 5. The first-order chi connectivity index (χ1) is 12.5. The van der Waals surface area contributed by atoms with E-state index in [1.165, 1.54) is 5.57 Å². The van der Waals surface area contributed by atoms with Crippen LogP contribution in [-0.4, -0.2) is 37.0 Å². The zero-order chi connectivity index (χ0) is 18.5. The van der Waals surface area contributed by atoms with E-state index in [-0.39, 0.29) is 34.9 Å². The van der Waals surface area contributed by atoms with E-state index in [1.807, 2.05) is 6.08 Å². The molecule has 4 aliphatic rings. The van der Waals surface area contributed by atoms with Crippen molar-refractivity contribution in [2.75, 3.05) is 20.3 Å². The molecule has 6 unspecified atom stereocenters. The van der Waals surface area contributed by atoms with Crippen molar-refractivity contribution in [3.05, 3.63) is 11.6 Å². The number of aliphatic hydroxyl groups is 1. The monoisotopic (exact) mass is 360 g/mol. The Bertz CT molecular complexity index is 638. The maximum atomic E-state index is 12.3. The maximum Gasteiger partial charge on any atom is 0.161 e. The van der Waals surface area contributed by atoms with Crippen molar-refractivity contribution in [1.29, 1.82) is 0 Å². The third kappa shape index (κ3) is 2.48. The molecular formula is C22H32O4. The van der Waals surface area contributed by atoms with Crippen LogP contribution in [0.15, 0.2) is 11.6 Å². The molecule has 0 aromatic rings. The van der Waals surface area contributed by atoms with Crippen LogP contribution in [0.5, 0.6) is 0 Å². The molecule has 3 saturated carbocycles. The van der Waals surface area contributed by atoms with Crippen LogP contribution in [0.2, 0.25) is 0 Å². The molecule has 3 fully saturated rings. The summed E-state index contributed by atoms with van der Waals surface area (Å²) >= 11 is 0. The van der Waals surface area contributed by atoms with E-state index in [0.717, 1.165) is 51.6 Å². The van der Waals surface area contributed by atoms with Crippen LogP contribution in [-0.2, 0) is 14.3 Å². The zero-order valence-electron chi connectivity index (χ0n) is 16.1. The Hall–Kier alpha value is -1.00. The lowest BCUT2D eigenvalue weighted by atomic mass is 9.46. The second-order valence-corrected chi connectivity index (χ2v) is 9.44. The standard InChI is InChI=1S/C22H32O4/c1-21-9-8-18-16(17(21)5-6-19(21)20(25)12-23)4-3-14-11-15(24)7-10-22(14,18)13-26-2/h11,16-19,23H,3-10,12-13H2,1-2H3. The molecule has 0 bridgehead atoms. The first kappa shape index (κ1) is 18.4. The lowest BCUT2D eigenvalue weighted by Crippen LogP contribution is -2.53. The first-order valence-electron chi connectivity index (χ1n) is 10.3. The molecule has 0 saturated heterocycles. The minimum Gasteiger partial charge on any atom is -0.389 e. The Kier molecular flexibility index (Phi) is 4.63. The molecule has 0 heterocycles. The van der Waals surface area contributed by atoms with E-state index in [4.69, 9.17) is 4.74 Å². The van der Waals surface area contributed by atoms with Crippen LogP contribution >= 0.6 is 0 Å². The van der Waals surface area contributed by atoms with Crippen molar-refractivity contribution >= 4 is 11.6 Å². The van der Waals surface area contributed by atoms with Gasteiger partial charge in [-0.05, 0) is 74.2 Å². The molecule has 0 spiro atoms. The molecule has 0 amide bonds. The summed E-state index contributed by atoms with van der Waals surface area (Å²) in [5.74, 6) is 2.10. The number of rotatable bonds is 4. The van der Waals surface area contributed by atoms with Crippen molar-refractivity contribution in [3.8, 4) is 0 Å². The molecule has 0 aliphatic heterocycles. The van der Waals surface area contributed by atoms with Crippen LogP contribution in [0, 0.1) is 34.5 Å². The molecule has 4 rings (SSSR count). The number of ketones is 2. The molecular weight excluding hydrogens is 328 g/mol. The van der Waals surface area contributed by atoms with Crippen LogP contribution < -0.4 is 0 Å². The second-order valence-electron chi connectivity index (χ2n) is 9.44. The minimum absolute atomic E-state index is 0.0293. The van der Waals surface area contributed by atoms with Gasteiger partial charge in [0.25, 0.3) is 0 Å². The quantitative estimate of drug-likeness (QED) is 0.835.